The van der Waals surface area contributed by atoms with Gasteiger partial charge in [0.15, 0.2) is 5.82 Å². The summed E-state index contributed by atoms with van der Waals surface area (Å²) < 4.78 is 2.29. The molecule has 0 unspecified atom stereocenters. The van der Waals surface area contributed by atoms with Crippen molar-refractivity contribution < 1.29 is 4.79 Å². The first-order valence-electron chi connectivity index (χ1n) is 9.15. The summed E-state index contributed by atoms with van der Waals surface area (Å²) in [6.07, 6.45) is 11.1. The van der Waals surface area contributed by atoms with Crippen LogP contribution in [0, 0.1) is 5.92 Å². The van der Waals surface area contributed by atoms with Gasteiger partial charge in [0.2, 0.25) is 5.91 Å². The van der Waals surface area contributed by atoms with Crippen LogP contribution in [0.25, 0.3) is 0 Å². The number of rotatable bonds is 3. The Balaban J connectivity index is 1.57. The first-order valence-corrected chi connectivity index (χ1v) is 9.15. The number of aromatic nitrogens is 3. The highest BCUT2D eigenvalue weighted by Crippen LogP contribution is 2.37. The van der Waals surface area contributed by atoms with Crippen LogP contribution in [-0.4, -0.2) is 32.1 Å². The summed E-state index contributed by atoms with van der Waals surface area (Å²) in [6.45, 7) is 3.96. The summed E-state index contributed by atoms with van der Waals surface area (Å²) in [5, 5.41) is 8.89. The fourth-order valence-corrected chi connectivity index (χ4v) is 3.99. The molecule has 0 aromatic carbocycles. The molecule has 4 rings (SSSR count). The van der Waals surface area contributed by atoms with Crippen LogP contribution in [0.3, 0.4) is 0 Å². The third-order valence-corrected chi connectivity index (χ3v) is 5.54. The molecule has 1 saturated heterocycles. The maximum absolute atomic E-state index is 12.7. The highest BCUT2D eigenvalue weighted by Gasteiger charge is 2.34. The van der Waals surface area contributed by atoms with Crippen molar-refractivity contribution in [1.82, 2.24) is 19.7 Å². The Morgan fingerprint density at radius 2 is 1.96 bits per heavy atom. The van der Waals surface area contributed by atoms with Gasteiger partial charge in [-0.1, -0.05) is 12.0 Å². The van der Waals surface area contributed by atoms with Crippen LogP contribution < -0.4 is 0 Å². The summed E-state index contributed by atoms with van der Waals surface area (Å²) in [7, 11) is 0. The molecule has 2 aliphatic heterocycles. The Morgan fingerprint density at radius 1 is 1.09 bits per heavy atom. The van der Waals surface area contributed by atoms with Gasteiger partial charge in [0.25, 0.3) is 0 Å². The summed E-state index contributed by atoms with van der Waals surface area (Å²) in [5.41, 5.74) is 1.25. The third kappa shape index (κ3) is 2.93. The minimum absolute atomic E-state index is 0.116. The predicted octanol–water partition coefficient (Wildman–Crippen LogP) is 3.02. The number of amides is 1. The van der Waals surface area contributed by atoms with Crippen LogP contribution in [0.15, 0.2) is 11.6 Å². The molecule has 5 heteroatoms. The molecule has 3 aliphatic rings. The van der Waals surface area contributed by atoms with Crippen molar-refractivity contribution in [2.24, 2.45) is 5.92 Å². The maximum atomic E-state index is 12.7. The van der Waals surface area contributed by atoms with E-state index in [2.05, 4.69) is 21.7 Å². The molecule has 1 aromatic heterocycles. The van der Waals surface area contributed by atoms with Crippen LogP contribution in [-0.2, 0) is 17.8 Å². The standard InChI is InChI=1S/C18H26N4O/c1-13(14-8-9-14)12-17(23)21-11-5-6-15(21)18-20-19-16-7-3-2-4-10-22(16)18/h12,14-15H,2-11H2,1H3/b13-12-/t15-/m0/s1. The Hall–Kier alpha value is -1.65. The van der Waals surface area contributed by atoms with E-state index in [9.17, 15) is 4.79 Å². The molecule has 124 valence electrons. The molecule has 1 aromatic rings. The average Bonchev–Trinajstić information content (AvgIpc) is 3.23. The molecule has 23 heavy (non-hydrogen) atoms. The summed E-state index contributed by atoms with van der Waals surface area (Å²) in [6, 6.07) is 0.116. The second-order valence-corrected chi connectivity index (χ2v) is 7.29. The molecule has 0 bridgehead atoms. The van der Waals surface area contributed by atoms with Crippen LogP contribution in [0.5, 0.6) is 0 Å². The van der Waals surface area contributed by atoms with Gasteiger partial charge in [0.05, 0.1) is 6.04 Å². The molecular weight excluding hydrogens is 288 g/mol. The highest BCUT2D eigenvalue weighted by atomic mass is 16.2. The Morgan fingerprint density at radius 3 is 2.78 bits per heavy atom. The van der Waals surface area contributed by atoms with Gasteiger partial charge < -0.3 is 9.47 Å². The van der Waals surface area contributed by atoms with Crippen molar-refractivity contribution in [3.05, 3.63) is 23.3 Å². The molecule has 5 nitrogen and oxygen atoms in total. The van der Waals surface area contributed by atoms with Gasteiger partial charge in [-0.3, -0.25) is 4.79 Å². The monoisotopic (exact) mass is 314 g/mol. The first-order chi connectivity index (χ1) is 11.2. The SMILES string of the molecule is C/C(=C/C(=O)N1CCC[C@H]1c1nnc2n1CCCCC2)C1CC1. The van der Waals surface area contributed by atoms with Gasteiger partial charge in [-0.15, -0.1) is 10.2 Å². The number of nitrogens with zero attached hydrogens (tertiary/aromatic N) is 4. The fraction of sp³-hybridized carbons (Fsp3) is 0.722. The minimum Gasteiger partial charge on any atom is -0.329 e. The number of aryl methyl sites for hydroxylation is 1. The van der Waals surface area contributed by atoms with E-state index in [0.717, 1.165) is 44.0 Å². The van der Waals surface area contributed by atoms with E-state index in [1.165, 1.54) is 37.7 Å². The van der Waals surface area contributed by atoms with Crippen LogP contribution in [0.2, 0.25) is 0 Å². The van der Waals surface area contributed by atoms with Gasteiger partial charge in [-0.2, -0.15) is 0 Å². The molecule has 1 atom stereocenters. The number of hydrogen-bond donors (Lipinski definition) is 0. The zero-order chi connectivity index (χ0) is 15.8. The van der Waals surface area contributed by atoms with E-state index < -0.39 is 0 Å². The second kappa shape index (κ2) is 6.10. The normalized spacial score (nSPS) is 25.3. The molecule has 1 aliphatic carbocycles. The van der Waals surface area contributed by atoms with Crippen LogP contribution >= 0.6 is 0 Å². The van der Waals surface area contributed by atoms with Crippen molar-refractivity contribution >= 4 is 5.91 Å². The van der Waals surface area contributed by atoms with E-state index in [-0.39, 0.29) is 11.9 Å². The van der Waals surface area contributed by atoms with Gasteiger partial charge in [0.1, 0.15) is 5.82 Å². The van der Waals surface area contributed by atoms with Crippen LogP contribution in [0.4, 0.5) is 0 Å². The van der Waals surface area contributed by atoms with E-state index in [1.54, 1.807) is 0 Å². The predicted molar refractivity (Wildman–Crippen MR) is 87.7 cm³/mol. The minimum atomic E-state index is 0.116. The number of allylic oxidation sites excluding steroid dienone is 1. The number of likely N-dealkylation sites (tertiary alicyclic amines) is 1. The van der Waals surface area contributed by atoms with Crippen molar-refractivity contribution in [1.29, 1.82) is 0 Å². The first kappa shape index (κ1) is 14.9. The molecule has 1 saturated carbocycles. The van der Waals surface area contributed by atoms with Crippen molar-refractivity contribution in [2.75, 3.05) is 6.54 Å². The Labute approximate surface area is 137 Å². The molecular formula is C18H26N4O. The second-order valence-electron chi connectivity index (χ2n) is 7.29. The molecule has 2 fully saturated rings. The number of carbonyl (C=O) groups is 1. The highest BCUT2D eigenvalue weighted by molar-refractivity contribution is 5.88. The number of carbonyl (C=O) groups excluding carboxylic acids is 1. The lowest BCUT2D eigenvalue weighted by Crippen LogP contribution is -2.31. The molecule has 0 radical (unpaired) electrons. The van der Waals surface area contributed by atoms with Crippen molar-refractivity contribution in [3.63, 3.8) is 0 Å². The van der Waals surface area contributed by atoms with E-state index in [0.29, 0.717) is 5.92 Å². The lowest BCUT2D eigenvalue weighted by molar-refractivity contribution is -0.127. The summed E-state index contributed by atoms with van der Waals surface area (Å²) in [4.78, 5) is 14.7. The number of fused-ring (bicyclic) bond motifs is 1. The Kier molecular flexibility index (Phi) is 3.95. The quantitative estimate of drug-likeness (QED) is 0.806. The topological polar surface area (TPSA) is 51.0 Å². The zero-order valence-corrected chi connectivity index (χ0v) is 14.0. The maximum Gasteiger partial charge on any atom is 0.247 e. The zero-order valence-electron chi connectivity index (χ0n) is 14.0. The third-order valence-electron chi connectivity index (χ3n) is 5.54. The van der Waals surface area contributed by atoms with Crippen molar-refractivity contribution in [3.8, 4) is 0 Å². The van der Waals surface area contributed by atoms with Gasteiger partial charge in [-0.25, -0.2) is 0 Å². The van der Waals surface area contributed by atoms with Crippen LogP contribution in [0.1, 0.15) is 69.6 Å². The molecule has 3 heterocycles. The van der Waals surface area contributed by atoms with Gasteiger partial charge in [0, 0.05) is 25.6 Å². The van der Waals surface area contributed by atoms with E-state index in [1.807, 2.05) is 11.0 Å². The molecule has 0 spiro atoms. The van der Waals surface area contributed by atoms with Crippen molar-refractivity contribution in [2.45, 2.75) is 70.9 Å². The molecule has 1 amide bonds. The average molecular weight is 314 g/mol. The lowest BCUT2D eigenvalue weighted by atomic mass is 10.1. The number of hydrogen-bond acceptors (Lipinski definition) is 3. The lowest BCUT2D eigenvalue weighted by Gasteiger charge is -2.23. The fourth-order valence-electron chi connectivity index (χ4n) is 3.99. The Bertz CT molecular complexity index is 629. The largest absolute Gasteiger partial charge is 0.329 e. The van der Waals surface area contributed by atoms with Gasteiger partial charge >= 0.3 is 0 Å². The summed E-state index contributed by atoms with van der Waals surface area (Å²) in [5.74, 6) is 2.96. The van der Waals surface area contributed by atoms with E-state index in [4.69, 9.17) is 0 Å². The van der Waals surface area contributed by atoms with Gasteiger partial charge in [-0.05, 0) is 51.4 Å². The summed E-state index contributed by atoms with van der Waals surface area (Å²) >= 11 is 0. The molecule has 0 N–H and O–H groups in total. The van der Waals surface area contributed by atoms with E-state index >= 15 is 0 Å². The smallest absolute Gasteiger partial charge is 0.247 e.